The summed E-state index contributed by atoms with van der Waals surface area (Å²) in [4.78, 5) is 12.4. The summed E-state index contributed by atoms with van der Waals surface area (Å²) in [6.07, 6.45) is 0. The second kappa shape index (κ2) is 4.24. The summed E-state index contributed by atoms with van der Waals surface area (Å²) in [6, 6.07) is 5.96. The third-order valence-corrected chi connectivity index (χ3v) is 3.38. The van der Waals surface area contributed by atoms with Crippen LogP contribution in [0, 0.1) is 5.82 Å². The molecule has 2 rings (SSSR count). The third-order valence-electron chi connectivity index (χ3n) is 1.81. The van der Waals surface area contributed by atoms with Crippen LogP contribution < -0.4 is 0 Å². The van der Waals surface area contributed by atoms with E-state index in [9.17, 15) is 9.18 Å². The molecule has 0 fully saturated rings. The van der Waals surface area contributed by atoms with E-state index in [-0.39, 0.29) is 17.5 Å². The fraction of sp³-hybridized carbons (Fsp3) is 0.100. The molecule has 0 unspecified atom stereocenters. The Balaban J connectivity index is 2.16. The van der Waals surface area contributed by atoms with E-state index in [1.54, 1.807) is 12.1 Å². The van der Waals surface area contributed by atoms with Crippen LogP contribution in [-0.4, -0.2) is 12.6 Å². The zero-order chi connectivity index (χ0) is 10.8. The number of thioether (sulfide) groups is 1. The average molecular weight is 245 g/mol. The summed E-state index contributed by atoms with van der Waals surface area (Å²) in [5.74, 6) is -0.792. The van der Waals surface area contributed by atoms with Crippen LogP contribution in [-0.2, 0) is 9.53 Å². The fourth-order valence-electron chi connectivity index (χ4n) is 1.09. The van der Waals surface area contributed by atoms with Gasteiger partial charge in [-0.05, 0) is 24.3 Å². The molecule has 1 aliphatic rings. The van der Waals surface area contributed by atoms with Crippen molar-refractivity contribution in [2.45, 2.75) is 4.90 Å². The van der Waals surface area contributed by atoms with Gasteiger partial charge in [0.25, 0.3) is 0 Å². The van der Waals surface area contributed by atoms with Gasteiger partial charge in [0.15, 0.2) is 0 Å². The van der Waals surface area contributed by atoms with Crippen LogP contribution >= 0.6 is 23.4 Å². The van der Waals surface area contributed by atoms with Crippen LogP contribution in [0.3, 0.4) is 0 Å². The zero-order valence-corrected chi connectivity index (χ0v) is 9.07. The number of esters is 1. The minimum absolute atomic E-state index is 0.115. The molecule has 0 N–H and O–H groups in total. The first kappa shape index (κ1) is 10.5. The molecule has 78 valence electrons. The van der Waals surface area contributed by atoms with Gasteiger partial charge in [0.2, 0.25) is 0 Å². The molecule has 0 radical (unpaired) electrons. The predicted octanol–water partition coefficient (Wildman–Crippen LogP) is 2.93. The first-order valence-corrected chi connectivity index (χ1v) is 5.35. The summed E-state index contributed by atoms with van der Waals surface area (Å²) in [7, 11) is 0. The summed E-state index contributed by atoms with van der Waals surface area (Å²) in [6.45, 7) is 0.194. The van der Waals surface area contributed by atoms with Gasteiger partial charge in [-0.2, -0.15) is 0 Å². The Morgan fingerprint density at radius 2 is 2.00 bits per heavy atom. The highest BCUT2D eigenvalue weighted by Crippen LogP contribution is 2.34. The number of benzene rings is 1. The second-order valence-corrected chi connectivity index (χ2v) is 4.42. The highest BCUT2D eigenvalue weighted by Gasteiger charge is 2.23. The van der Waals surface area contributed by atoms with Gasteiger partial charge in [0.05, 0.1) is 4.91 Å². The minimum atomic E-state index is -0.499. The van der Waals surface area contributed by atoms with Gasteiger partial charge < -0.3 is 4.74 Å². The Kier molecular flexibility index (Phi) is 2.98. The van der Waals surface area contributed by atoms with Gasteiger partial charge in [-0.1, -0.05) is 23.4 Å². The monoisotopic (exact) mass is 244 g/mol. The molecule has 0 atom stereocenters. The quantitative estimate of drug-likeness (QED) is 0.749. The van der Waals surface area contributed by atoms with Crippen molar-refractivity contribution in [2.75, 3.05) is 6.61 Å². The summed E-state index contributed by atoms with van der Waals surface area (Å²) in [5.41, 5.74) is 0. The first-order chi connectivity index (χ1) is 7.16. The Hall–Kier alpha value is -1.00. The Morgan fingerprint density at radius 3 is 2.53 bits per heavy atom. The Labute approximate surface area is 95.1 Å². The standard InChI is InChI=1S/C10H6ClFO2S/c11-9-8(5-14-10(9)13)15-7-3-1-6(12)2-4-7/h1-4H,5H2. The molecular weight excluding hydrogens is 239 g/mol. The normalized spacial score (nSPS) is 15.7. The highest BCUT2D eigenvalue weighted by atomic mass is 35.5. The van der Waals surface area contributed by atoms with Crippen molar-refractivity contribution in [3.63, 3.8) is 0 Å². The van der Waals surface area contributed by atoms with E-state index >= 15 is 0 Å². The minimum Gasteiger partial charge on any atom is -0.456 e. The van der Waals surface area contributed by atoms with Gasteiger partial charge in [0, 0.05) is 4.90 Å². The van der Waals surface area contributed by atoms with Gasteiger partial charge in [0.1, 0.15) is 17.5 Å². The van der Waals surface area contributed by atoms with Gasteiger partial charge >= 0.3 is 5.97 Å². The van der Waals surface area contributed by atoms with Crippen molar-refractivity contribution in [1.29, 1.82) is 0 Å². The van der Waals surface area contributed by atoms with E-state index in [4.69, 9.17) is 16.3 Å². The van der Waals surface area contributed by atoms with Crippen LogP contribution in [0.4, 0.5) is 4.39 Å². The molecule has 0 spiro atoms. The van der Waals surface area contributed by atoms with Gasteiger partial charge in [-0.3, -0.25) is 0 Å². The molecule has 1 aliphatic heterocycles. The van der Waals surface area contributed by atoms with Gasteiger partial charge in [-0.15, -0.1) is 0 Å². The third kappa shape index (κ3) is 2.33. The van der Waals surface area contributed by atoms with E-state index in [2.05, 4.69) is 0 Å². The Morgan fingerprint density at radius 1 is 1.33 bits per heavy atom. The van der Waals surface area contributed by atoms with Crippen molar-refractivity contribution in [1.82, 2.24) is 0 Å². The molecular formula is C10H6ClFO2S. The topological polar surface area (TPSA) is 26.3 Å². The maximum atomic E-state index is 12.6. The van der Waals surface area contributed by atoms with Crippen LogP contribution in [0.2, 0.25) is 0 Å². The maximum Gasteiger partial charge on any atom is 0.351 e. The Bertz CT molecular complexity index is 428. The number of hydrogen-bond acceptors (Lipinski definition) is 3. The van der Waals surface area contributed by atoms with Crippen molar-refractivity contribution < 1.29 is 13.9 Å². The second-order valence-electron chi connectivity index (χ2n) is 2.87. The molecule has 0 aromatic heterocycles. The van der Waals surface area contributed by atoms with E-state index in [0.717, 1.165) is 4.90 Å². The molecule has 1 aromatic carbocycles. The lowest BCUT2D eigenvalue weighted by atomic mass is 10.4. The zero-order valence-electron chi connectivity index (χ0n) is 7.50. The number of cyclic esters (lactones) is 1. The number of rotatable bonds is 2. The summed E-state index contributed by atoms with van der Waals surface area (Å²) in [5, 5.41) is 0.115. The molecule has 1 aromatic rings. The molecule has 0 saturated heterocycles. The largest absolute Gasteiger partial charge is 0.456 e. The number of carbonyl (C=O) groups excluding carboxylic acids is 1. The van der Waals surface area contributed by atoms with E-state index in [0.29, 0.717) is 4.91 Å². The van der Waals surface area contributed by atoms with Crippen molar-refractivity contribution in [3.05, 3.63) is 40.0 Å². The lowest BCUT2D eigenvalue weighted by molar-refractivity contribution is -0.135. The molecule has 5 heteroatoms. The maximum absolute atomic E-state index is 12.6. The lowest BCUT2D eigenvalue weighted by Gasteiger charge is -2.00. The average Bonchev–Trinajstić information content (AvgIpc) is 2.53. The van der Waals surface area contributed by atoms with Crippen molar-refractivity contribution in [3.8, 4) is 0 Å². The SMILES string of the molecule is O=C1OCC(Sc2ccc(F)cc2)=C1Cl. The molecule has 0 bridgehead atoms. The summed E-state index contributed by atoms with van der Waals surface area (Å²) < 4.78 is 17.3. The fourth-order valence-corrected chi connectivity index (χ4v) is 2.16. The van der Waals surface area contributed by atoms with Gasteiger partial charge in [-0.25, -0.2) is 9.18 Å². The van der Waals surface area contributed by atoms with Crippen molar-refractivity contribution >= 4 is 29.3 Å². The predicted molar refractivity (Wildman–Crippen MR) is 56.1 cm³/mol. The van der Waals surface area contributed by atoms with Crippen LogP contribution in [0.1, 0.15) is 0 Å². The van der Waals surface area contributed by atoms with E-state index in [1.165, 1.54) is 23.9 Å². The van der Waals surface area contributed by atoms with E-state index in [1.807, 2.05) is 0 Å². The number of ether oxygens (including phenoxy) is 1. The molecule has 15 heavy (non-hydrogen) atoms. The number of hydrogen-bond donors (Lipinski definition) is 0. The number of carbonyl (C=O) groups is 1. The van der Waals surface area contributed by atoms with Crippen LogP contribution in [0.15, 0.2) is 39.1 Å². The van der Waals surface area contributed by atoms with Crippen molar-refractivity contribution in [2.24, 2.45) is 0 Å². The molecule has 1 heterocycles. The lowest BCUT2D eigenvalue weighted by Crippen LogP contribution is -1.93. The van der Waals surface area contributed by atoms with Crippen LogP contribution in [0.5, 0.6) is 0 Å². The van der Waals surface area contributed by atoms with Crippen LogP contribution in [0.25, 0.3) is 0 Å². The molecule has 2 nitrogen and oxygen atoms in total. The molecule has 0 saturated carbocycles. The molecule has 0 amide bonds. The highest BCUT2D eigenvalue weighted by molar-refractivity contribution is 8.03. The van der Waals surface area contributed by atoms with E-state index < -0.39 is 5.97 Å². The first-order valence-electron chi connectivity index (χ1n) is 4.16. The number of halogens is 2. The molecule has 0 aliphatic carbocycles. The smallest absolute Gasteiger partial charge is 0.351 e. The summed E-state index contributed by atoms with van der Waals surface area (Å²) >= 11 is 7.03.